The van der Waals surface area contributed by atoms with Crippen molar-refractivity contribution in [1.82, 2.24) is 9.78 Å². The van der Waals surface area contributed by atoms with E-state index in [1.165, 1.54) is 4.68 Å². The molecule has 0 radical (unpaired) electrons. The molecule has 3 aromatic carbocycles. The summed E-state index contributed by atoms with van der Waals surface area (Å²) in [5.41, 5.74) is 3.03. The average Bonchev–Trinajstić information content (AvgIpc) is 3.17. The van der Waals surface area contributed by atoms with E-state index in [0.29, 0.717) is 16.9 Å². The van der Waals surface area contributed by atoms with E-state index in [2.05, 4.69) is 10.4 Å². The second kappa shape index (κ2) is 9.50. The van der Waals surface area contributed by atoms with Crippen molar-refractivity contribution in [2.75, 3.05) is 24.3 Å². The van der Waals surface area contributed by atoms with Gasteiger partial charge in [0.05, 0.1) is 11.3 Å². The summed E-state index contributed by atoms with van der Waals surface area (Å²) in [4.78, 5) is 39.2. The lowest BCUT2D eigenvalue weighted by Gasteiger charge is -2.12. The van der Waals surface area contributed by atoms with Crippen molar-refractivity contribution in [1.29, 1.82) is 0 Å². The van der Waals surface area contributed by atoms with Gasteiger partial charge >= 0.3 is 5.97 Å². The maximum atomic E-state index is 12.9. The molecule has 0 saturated carbocycles. The molecule has 4 aromatic rings. The van der Waals surface area contributed by atoms with Gasteiger partial charge in [-0.05, 0) is 54.1 Å². The van der Waals surface area contributed by atoms with Crippen LogP contribution < -0.4 is 15.8 Å². The molecule has 0 unspecified atom stereocenters. The zero-order chi connectivity index (χ0) is 24.2. The maximum absolute atomic E-state index is 12.9. The Labute approximate surface area is 196 Å². The van der Waals surface area contributed by atoms with Crippen LogP contribution in [0.1, 0.15) is 32.0 Å². The smallest absolute Gasteiger partial charge is 0.354 e. The van der Waals surface area contributed by atoms with Gasteiger partial charge in [0.15, 0.2) is 0 Å². The number of carboxylic acid groups (broad SMARTS) is 1. The van der Waals surface area contributed by atoms with Crippen LogP contribution in [0.15, 0.2) is 83.7 Å². The van der Waals surface area contributed by atoms with Crippen molar-refractivity contribution < 1.29 is 14.7 Å². The molecule has 0 atom stereocenters. The number of anilines is 2. The van der Waals surface area contributed by atoms with Crippen LogP contribution in [0, 0.1) is 0 Å². The number of aromatic amines is 1. The van der Waals surface area contributed by atoms with Crippen molar-refractivity contribution in [2.45, 2.75) is 6.42 Å². The predicted octanol–water partition coefficient (Wildman–Crippen LogP) is 3.77. The Morgan fingerprint density at radius 3 is 2.18 bits per heavy atom. The van der Waals surface area contributed by atoms with Crippen LogP contribution in [-0.4, -0.2) is 40.9 Å². The largest absolute Gasteiger partial charge is 0.477 e. The second-order valence-corrected chi connectivity index (χ2v) is 8.02. The summed E-state index contributed by atoms with van der Waals surface area (Å²) in [6.07, 6.45) is 0.136. The normalized spacial score (nSPS) is 10.6. The highest BCUT2D eigenvalue weighted by Crippen LogP contribution is 2.17. The summed E-state index contributed by atoms with van der Waals surface area (Å²) in [6, 6.07) is 23.0. The standard InChI is InChI=1S/C26H24N4O4/c1-29(2)20-14-10-18(11-15-20)24(31)27-19-12-8-17(9-13-19)16-22-23(26(33)34)28-30(25(22)32)21-6-4-3-5-7-21/h3-15,28H,16H2,1-2H3,(H,27,31)(H,33,34). The minimum absolute atomic E-state index is 0.136. The molecule has 0 saturated heterocycles. The van der Waals surface area contributed by atoms with Crippen molar-refractivity contribution in [3.63, 3.8) is 0 Å². The molecule has 1 heterocycles. The number of H-pyrrole nitrogens is 1. The Balaban J connectivity index is 1.52. The molecule has 1 aromatic heterocycles. The van der Waals surface area contributed by atoms with Crippen LogP contribution >= 0.6 is 0 Å². The first kappa shape index (κ1) is 22.6. The van der Waals surface area contributed by atoms with Crippen LogP contribution in [0.3, 0.4) is 0 Å². The zero-order valence-corrected chi connectivity index (χ0v) is 18.8. The van der Waals surface area contributed by atoms with E-state index in [-0.39, 0.29) is 23.6 Å². The highest BCUT2D eigenvalue weighted by Gasteiger charge is 2.20. The summed E-state index contributed by atoms with van der Waals surface area (Å²) in [5.74, 6) is -1.44. The molecule has 0 bridgehead atoms. The number of benzene rings is 3. The number of hydrogen-bond acceptors (Lipinski definition) is 4. The number of para-hydroxylation sites is 1. The third-order valence-corrected chi connectivity index (χ3v) is 5.45. The van der Waals surface area contributed by atoms with Gasteiger partial charge in [0.25, 0.3) is 11.5 Å². The zero-order valence-electron chi connectivity index (χ0n) is 18.8. The van der Waals surface area contributed by atoms with Gasteiger partial charge < -0.3 is 15.3 Å². The van der Waals surface area contributed by atoms with Gasteiger partial charge in [-0.15, -0.1) is 0 Å². The Hall–Kier alpha value is -4.59. The summed E-state index contributed by atoms with van der Waals surface area (Å²) in [6.45, 7) is 0. The number of amides is 1. The Morgan fingerprint density at radius 1 is 0.941 bits per heavy atom. The first-order valence-corrected chi connectivity index (χ1v) is 10.6. The van der Waals surface area contributed by atoms with E-state index in [0.717, 1.165) is 11.3 Å². The molecule has 0 aliphatic rings. The van der Waals surface area contributed by atoms with Gasteiger partial charge in [-0.3, -0.25) is 14.7 Å². The third-order valence-electron chi connectivity index (χ3n) is 5.45. The van der Waals surface area contributed by atoms with E-state index in [9.17, 15) is 19.5 Å². The summed E-state index contributed by atoms with van der Waals surface area (Å²) in [7, 11) is 3.86. The lowest BCUT2D eigenvalue weighted by atomic mass is 10.0. The van der Waals surface area contributed by atoms with Gasteiger partial charge in [0.2, 0.25) is 0 Å². The van der Waals surface area contributed by atoms with Crippen LogP contribution in [0.4, 0.5) is 11.4 Å². The molecule has 1 amide bonds. The first-order chi connectivity index (χ1) is 16.3. The van der Waals surface area contributed by atoms with Crippen LogP contribution in [0.5, 0.6) is 0 Å². The number of aromatic carboxylic acids is 1. The molecule has 172 valence electrons. The lowest BCUT2D eigenvalue weighted by Crippen LogP contribution is -2.17. The van der Waals surface area contributed by atoms with E-state index < -0.39 is 11.5 Å². The minimum atomic E-state index is -1.20. The van der Waals surface area contributed by atoms with Gasteiger partial charge in [-0.2, -0.15) is 0 Å². The third kappa shape index (κ3) is 4.75. The Bertz CT molecular complexity index is 1370. The number of nitrogens with one attached hydrogen (secondary N) is 2. The average molecular weight is 457 g/mol. The summed E-state index contributed by atoms with van der Waals surface area (Å²) in [5, 5.41) is 15.1. The van der Waals surface area contributed by atoms with E-state index >= 15 is 0 Å². The van der Waals surface area contributed by atoms with Crippen molar-refractivity contribution >= 4 is 23.3 Å². The molecule has 0 aliphatic heterocycles. The van der Waals surface area contributed by atoms with Crippen LogP contribution in [0.25, 0.3) is 5.69 Å². The summed E-state index contributed by atoms with van der Waals surface area (Å²) >= 11 is 0. The SMILES string of the molecule is CN(C)c1ccc(C(=O)Nc2ccc(Cc3c(C(=O)O)[nH]n(-c4ccccc4)c3=O)cc2)cc1. The molecule has 0 spiro atoms. The van der Waals surface area contributed by atoms with Gasteiger partial charge in [-0.25, -0.2) is 9.48 Å². The van der Waals surface area contributed by atoms with E-state index in [1.54, 1.807) is 60.7 Å². The molecule has 0 fully saturated rings. The van der Waals surface area contributed by atoms with Gasteiger partial charge in [-0.1, -0.05) is 30.3 Å². The predicted molar refractivity (Wildman–Crippen MR) is 131 cm³/mol. The number of carboxylic acids is 1. The molecule has 34 heavy (non-hydrogen) atoms. The molecule has 3 N–H and O–H groups in total. The number of aromatic nitrogens is 2. The fourth-order valence-electron chi connectivity index (χ4n) is 3.60. The van der Waals surface area contributed by atoms with Crippen molar-refractivity contribution in [2.24, 2.45) is 0 Å². The van der Waals surface area contributed by atoms with E-state index in [4.69, 9.17) is 0 Å². The topological polar surface area (TPSA) is 107 Å². The summed E-state index contributed by atoms with van der Waals surface area (Å²) < 4.78 is 1.23. The quantitative estimate of drug-likeness (QED) is 0.392. The monoisotopic (exact) mass is 456 g/mol. The van der Waals surface area contributed by atoms with E-state index in [1.807, 2.05) is 37.2 Å². The lowest BCUT2D eigenvalue weighted by molar-refractivity contribution is 0.0688. The van der Waals surface area contributed by atoms with Crippen LogP contribution in [0.2, 0.25) is 0 Å². The number of carbonyl (C=O) groups excluding carboxylic acids is 1. The second-order valence-electron chi connectivity index (χ2n) is 8.02. The minimum Gasteiger partial charge on any atom is -0.477 e. The van der Waals surface area contributed by atoms with Crippen molar-refractivity contribution in [3.05, 3.63) is 112 Å². The Kier molecular flexibility index (Phi) is 6.31. The molecule has 4 rings (SSSR count). The highest BCUT2D eigenvalue weighted by molar-refractivity contribution is 6.04. The fourth-order valence-corrected chi connectivity index (χ4v) is 3.60. The molecular formula is C26H24N4O4. The van der Waals surface area contributed by atoms with Gasteiger partial charge in [0.1, 0.15) is 5.69 Å². The number of carbonyl (C=O) groups is 2. The molecule has 8 nitrogen and oxygen atoms in total. The Morgan fingerprint density at radius 2 is 1.59 bits per heavy atom. The number of rotatable bonds is 7. The molecule has 8 heteroatoms. The number of hydrogen-bond donors (Lipinski definition) is 3. The van der Waals surface area contributed by atoms with Crippen LogP contribution in [-0.2, 0) is 6.42 Å². The fraction of sp³-hybridized carbons (Fsp3) is 0.115. The highest BCUT2D eigenvalue weighted by atomic mass is 16.4. The molecular weight excluding hydrogens is 432 g/mol. The number of nitrogens with zero attached hydrogens (tertiary/aromatic N) is 2. The van der Waals surface area contributed by atoms with Gasteiger partial charge in [0, 0.05) is 37.5 Å². The van der Waals surface area contributed by atoms with Crippen molar-refractivity contribution in [3.8, 4) is 5.69 Å². The first-order valence-electron chi connectivity index (χ1n) is 10.6. The molecule has 0 aliphatic carbocycles. The maximum Gasteiger partial charge on any atom is 0.354 e.